The molecular weight excluding hydrogens is 215 g/mol. The average molecular weight is 223 g/mol. The molecular formula is C7H8BrClO. The van der Waals surface area contributed by atoms with Gasteiger partial charge in [-0.2, -0.15) is 0 Å². The van der Waals surface area contributed by atoms with E-state index in [1.807, 2.05) is 24.3 Å². The summed E-state index contributed by atoms with van der Waals surface area (Å²) >= 11 is 9.24. The molecule has 1 aliphatic rings. The number of allylic oxidation sites excluding steroid dienone is 3. The predicted octanol–water partition coefficient (Wildman–Crippen LogP) is 2.05. The Labute approximate surface area is 73.5 Å². The zero-order valence-electron chi connectivity index (χ0n) is 5.30. The summed E-state index contributed by atoms with van der Waals surface area (Å²) in [7, 11) is 0. The lowest BCUT2D eigenvalue weighted by Crippen LogP contribution is -2.25. The van der Waals surface area contributed by atoms with E-state index in [0.29, 0.717) is 0 Å². The molecule has 3 heteroatoms. The van der Waals surface area contributed by atoms with Gasteiger partial charge < -0.3 is 5.11 Å². The van der Waals surface area contributed by atoms with Crippen molar-refractivity contribution in [2.45, 2.75) is 3.78 Å². The van der Waals surface area contributed by atoms with Gasteiger partial charge in [-0.1, -0.05) is 40.2 Å². The molecule has 0 aromatic rings. The first-order valence-electron chi connectivity index (χ1n) is 3.01. The fourth-order valence-corrected chi connectivity index (χ4v) is 1.48. The van der Waals surface area contributed by atoms with Gasteiger partial charge in [0.2, 0.25) is 0 Å². The molecule has 56 valence electrons. The van der Waals surface area contributed by atoms with Crippen LogP contribution in [0.1, 0.15) is 0 Å². The van der Waals surface area contributed by atoms with Crippen molar-refractivity contribution >= 4 is 27.5 Å². The van der Waals surface area contributed by atoms with Crippen LogP contribution >= 0.6 is 27.5 Å². The molecule has 0 bridgehead atoms. The highest BCUT2D eigenvalue weighted by molar-refractivity contribution is 9.10. The topological polar surface area (TPSA) is 20.2 Å². The minimum absolute atomic E-state index is 0.0285. The first-order valence-corrected chi connectivity index (χ1v) is 4.18. The number of rotatable bonds is 1. The zero-order chi connectivity index (χ0) is 7.61. The monoisotopic (exact) mass is 222 g/mol. The molecule has 0 radical (unpaired) electrons. The van der Waals surface area contributed by atoms with Crippen LogP contribution in [0.4, 0.5) is 0 Å². The Kier molecular flexibility index (Phi) is 2.55. The molecule has 0 spiro atoms. The maximum atomic E-state index is 8.83. The molecule has 2 atom stereocenters. The van der Waals surface area contributed by atoms with Gasteiger partial charge in [0.05, 0.1) is 6.61 Å². The van der Waals surface area contributed by atoms with Gasteiger partial charge in [-0.25, -0.2) is 0 Å². The zero-order valence-corrected chi connectivity index (χ0v) is 7.64. The van der Waals surface area contributed by atoms with E-state index in [0.717, 1.165) is 0 Å². The van der Waals surface area contributed by atoms with E-state index in [9.17, 15) is 0 Å². The van der Waals surface area contributed by atoms with Gasteiger partial charge >= 0.3 is 0 Å². The molecule has 1 rings (SSSR count). The molecule has 10 heavy (non-hydrogen) atoms. The van der Waals surface area contributed by atoms with Crippen LogP contribution in [0.25, 0.3) is 0 Å². The highest BCUT2D eigenvalue weighted by Crippen LogP contribution is 2.36. The largest absolute Gasteiger partial charge is 0.396 e. The lowest BCUT2D eigenvalue weighted by Gasteiger charge is -2.24. The Hall–Kier alpha value is 0.210. The SMILES string of the molecule is OCC1C=CC=CC1(Cl)Br. The highest BCUT2D eigenvalue weighted by atomic mass is 79.9. The number of aliphatic hydroxyl groups excluding tert-OH is 1. The van der Waals surface area contributed by atoms with Gasteiger partial charge in [-0.3, -0.25) is 0 Å². The summed E-state index contributed by atoms with van der Waals surface area (Å²) in [5.74, 6) is -0.0285. The summed E-state index contributed by atoms with van der Waals surface area (Å²) in [6.07, 6.45) is 7.42. The van der Waals surface area contributed by atoms with Crippen LogP contribution in [0, 0.1) is 5.92 Å². The molecule has 0 aromatic carbocycles. The van der Waals surface area contributed by atoms with Crippen LogP contribution in [0.15, 0.2) is 24.3 Å². The maximum Gasteiger partial charge on any atom is 0.126 e. The smallest absolute Gasteiger partial charge is 0.126 e. The average Bonchev–Trinajstić information content (AvgIpc) is 1.87. The second kappa shape index (κ2) is 3.07. The van der Waals surface area contributed by atoms with Crippen LogP contribution in [0.2, 0.25) is 0 Å². The summed E-state index contributed by atoms with van der Waals surface area (Å²) in [6.45, 7) is 0.0651. The van der Waals surface area contributed by atoms with Crippen molar-refractivity contribution in [1.82, 2.24) is 0 Å². The summed E-state index contributed by atoms with van der Waals surface area (Å²) in [6, 6.07) is 0. The summed E-state index contributed by atoms with van der Waals surface area (Å²) in [5.41, 5.74) is 0. The fourth-order valence-electron chi connectivity index (χ4n) is 0.817. The molecule has 2 unspecified atom stereocenters. The number of hydrogen-bond acceptors (Lipinski definition) is 1. The molecule has 0 saturated carbocycles. The molecule has 0 aromatic heterocycles. The van der Waals surface area contributed by atoms with E-state index >= 15 is 0 Å². The summed E-state index contributed by atoms with van der Waals surface area (Å²) in [4.78, 5) is 0. The maximum absolute atomic E-state index is 8.83. The van der Waals surface area contributed by atoms with Gasteiger partial charge in [0.25, 0.3) is 0 Å². The Morgan fingerprint density at radius 2 is 2.30 bits per heavy atom. The van der Waals surface area contributed by atoms with Crippen molar-refractivity contribution in [2.75, 3.05) is 6.61 Å². The summed E-state index contributed by atoms with van der Waals surface area (Å²) in [5, 5.41) is 8.83. The van der Waals surface area contributed by atoms with Gasteiger partial charge in [0, 0.05) is 5.92 Å². The van der Waals surface area contributed by atoms with Crippen LogP contribution < -0.4 is 0 Å². The van der Waals surface area contributed by atoms with E-state index in [4.69, 9.17) is 16.7 Å². The summed E-state index contributed by atoms with van der Waals surface area (Å²) < 4.78 is -0.587. The Bertz CT molecular complexity index is 174. The lowest BCUT2D eigenvalue weighted by atomic mass is 10.0. The number of halogens is 2. The van der Waals surface area contributed by atoms with Gasteiger partial charge in [-0.15, -0.1) is 11.6 Å². The molecule has 0 fully saturated rings. The molecule has 0 heterocycles. The quantitative estimate of drug-likeness (QED) is 0.675. The lowest BCUT2D eigenvalue weighted by molar-refractivity contribution is 0.251. The Morgan fingerprint density at radius 3 is 2.70 bits per heavy atom. The van der Waals surface area contributed by atoms with Gasteiger partial charge in [0.1, 0.15) is 3.78 Å². The Balaban J connectivity index is 2.74. The van der Waals surface area contributed by atoms with Crippen molar-refractivity contribution in [3.63, 3.8) is 0 Å². The highest BCUT2D eigenvalue weighted by Gasteiger charge is 2.30. The predicted molar refractivity (Wildman–Crippen MR) is 46.4 cm³/mol. The first kappa shape index (κ1) is 8.31. The van der Waals surface area contributed by atoms with E-state index in [1.165, 1.54) is 0 Å². The van der Waals surface area contributed by atoms with E-state index < -0.39 is 3.78 Å². The van der Waals surface area contributed by atoms with Crippen molar-refractivity contribution in [1.29, 1.82) is 0 Å². The number of aliphatic hydroxyl groups is 1. The third-order valence-electron chi connectivity index (χ3n) is 1.46. The van der Waals surface area contributed by atoms with Crippen LogP contribution in [-0.4, -0.2) is 15.5 Å². The minimum atomic E-state index is -0.587. The van der Waals surface area contributed by atoms with E-state index in [2.05, 4.69) is 15.9 Å². The van der Waals surface area contributed by atoms with Gasteiger partial charge in [0.15, 0.2) is 0 Å². The molecule has 1 nitrogen and oxygen atoms in total. The normalized spacial score (nSPS) is 38.5. The van der Waals surface area contributed by atoms with Crippen LogP contribution in [0.5, 0.6) is 0 Å². The van der Waals surface area contributed by atoms with Crippen molar-refractivity contribution in [3.05, 3.63) is 24.3 Å². The molecule has 1 N–H and O–H groups in total. The van der Waals surface area contributed by atoms with Crippen molar-refractivity contribution in [3.8, 4) is 0 Å². The van der Waals surface area contributed by atoms with E-state index in [1.54, 1.807) is 0 Å². The third kappa shape index (κ3) is 1.62. The Morgan fingerprint density at radius 1 is 1.60 bits per heavy atom. The first-order chi connectivity index (χ1) is 4.67. The number of hydrogen-bond donors (Lipinski definition) is 1. The standard InChI is InChI=1S/C7H8BrClO/c8-7(9)4-2-1-3-6(7)5-10/h1-4,6,10H,5H2. The molecule has 0 amide bonds. The molecule has 0 saturated heterocycles. The van der Waals surface area contributed by atoms with Crippen LogP contribution in [0.3, 0.4) is 0 Å². The number of alkyl halides is 2. The van der Waals surface area contributed by atoms with Crippen molar-refractivity contribution in [2.24, 2.45) is 5.92 Å². The fraction of sp³-hybridized carbons (Fsp3) is 0.429. The van der Waals surface area contributed by atoms with Gasteiger partial charge in [-0.05, 0) is 0 Å². The third-order valence-corrected chi connectivity index (χ3v) is 2.72. The molecule has 0 aliphatic heterocycles. The van der Waals surface area contributed by atoms with E-state index in [-0.39, 0.29) is 12.5 Å². The molecule has 1 aliphatic carbocycles. The van der Waals surface area contributed by atoms with Crippen molar-refractivity contribution < 1.29 is 5.11 Å². The second-order valence-corrected chi connectivity index (χ2v) is 4.60. The minimum Gasteiger partial charge on any atom is -0.396 e. The second-order valence-electron chi connectivity index (χ2n) is 2.21. The van der Waals surface area contributed by atoms with Crippen LogP contribution in [-0.2, 0) is 0 Å².